The van der Waals surface area contributed by atoms with E-state index in [2.05, 4.69) is 0 Å². The number of aromatic amines is 1. The fraction of sp³-hybridized carbons (Fsp3) is 0.200. The second kappa shape index (κ2) is 5.53. The van der Waals surface area contributed by atoms with Crippen LogP contribution in [0.2, 0.25) is 0 Å². The monoisotopic (exact) mass is 387 g/mol. The molecule has 27 heavy (non-hydrogen) atoms. The molecule has 2 N–H and O–H groups in total. The molecule has 2 aromatic rings. The van der Waals surface area contributed by atoms with Crippen LogP contribution in [0.5, 0.6) is 0 Å². The number of anilines is 1. The topological polar surface area (TPSA) is 112 Å². The number of amides is 1. The quantitative estimate of drug-likeness (QED) is 0.745. The molecule has 0 radical (unpaired) electrons. The van der Waals surface area contributed by atoms with Crippen molar-refractivity contribution in [2.75, 3.05) is 11.9 Å². The molecule has 0 aliphatic carbocycles. The maximum atomic E-state index is 14.8. The summed E-state index contributed by atoms with van der Waals surface area (Å²) in [5, 5.41) is 8.95. The van der Waals surface area contributed by atoms with E-state index in [1.54, 1.807) is 4.98 Å². The Morgan fingerprint density at radius 3 is 2.41 bits per heavy atom. The number of fused-ring (bicyclic) bond motifs is 1. The Morgan fingerprint density at radius 1 is 1.22 bits per heavy atom. The van der Waals surface area contributed by atoms with E-state index in [1.807, 2.05) is 0 Å². The van der Waals surface area contributed by atoms with Crippen molar-refractivity contribution in [1.29, 1.82) is 0 Å². The first-order valence-corrected chi connectivity index (χ1v) is 7.17. The lowest BCUT2D eigenvalue weighted by Crippen LogP contribution is -2.46. The van der Waals surface area contributed by atoms with Gasteiger partial charge in [-0.3, -0.25) is 19.1 Å². The third-order valence-electron chi connectivity index (χ3n) is 4.15. The van der Waals surface area contributed by atoms with Gasteiger partial charge in [0.25, 0.3) is 11.5 Å². The summed E-state index contributed by atoms with van der Waals surface area (Å²) in [7, 11) is 0.961. The van der Waals surface area contributed by atoms with Gasteiger partial charge < -0.3 is 10.0 Å². The van der Waals surface area contributed by atoms with Crippen LogP contribution in [0, 0.1) is 0 Å². The molecule has 1 aliphatic rings. The number of rotatable bonds is 2. The summed E-state index contributed by atoms with van der Waals surface area (Å²) in [4.78, 5) is 48.5. The zero-order valence-corrected chi connectivity index (χ0v) is 13.3. The molecule has 0 fully saturated rings. The molecule has 0 saturated heterocycles. The number of alkyl halides is 4. The SMILES string of the molecule is CN1C(=O)C(F)(C(F)(F)F)c2cc(-n3cc(C(=O)O)c(=O)[nH]c3=O)ccc21. The average Bonchev–Trinajstić information content (AvgIpc) is 2.76. The molecule has 1 atom stereocenters. The number of nitrogens with one attached hydrogen (secondary N) is 1. The molecule has 2 heterocycles. The van der Waals surface area contributed by atoms with Crippen molar-refractivity contribution in [3.63, 3.8) is 0 Å². The van der Waals surface area contributed by atoms with Gasteiger partial charge in [-0.2, -0.15) is 13.2 Å². The van der Waals surface area contributed by atoms with Gasteiger partial charge >= 0.3 is 23.5 Å². The fourth-order valence-corrected chi connectivity index (χ4v) is 2.79. The van der Waals surface area contributed by atoms with E-state index in [0.29, 0.717) is 21.7 Å². The fourth-order valence-electron chi connectivity index (χ4n) is 2.79. The average molecular weight is 387 g/mol. The van der Waals surface area contributed by atoms with Crippen LogP contribution in [0.4, 0.5) is 23.2 Å². The molecule has 1 aromatic heterocycles. The highest BCUT2D eigenvalue weighted by atomic mass is 19.4. The molecule has 1 aromatic carbocycles. The number of halogens is 4. The summed E-state index contributed by atoms with van der Waals surface area (Å²) in [6, 6.07) is 2.67. The highest BCUT2D eigenvalue weighted by molar-refractivity contribution is 6.07. The zero-order valence-electron chi connectivity index (χ0n) is 13.3. The number of nitrogens with zero attached hydrogens (tertiary/aromatic N) is 2. The zero-order chi connectivity index (χ0) is 20.3. The minimum atomic E-state index is -5.57. The van der Waals surface area contributed by atoms with Crippen LogP contribution in [0.25, 0.3) is 5.69 Å². The van der Waals surface area contributed by atoms with Crippen molar-refractivity contribution in [3.8, 4) is 5.69 Å². The number of carbonyl (C=O) groups is 2. The summed E-state index contributed by atoms with van der Waals surface area (Å²) in [6.45, 7) is 0. The molecule has 3 rings (SSSR count). The Kier molecular flexibility index (Phi) is 3.76. The van der Waals surface area contributed by atoms with Crippen molar-refractivity contribution in [1.82, 2.24) is 9.55 Å². The highest BCUT2D eigenvalue weighted by Crippen LogP contribution is 2.52. The van der Waals surface area contributed by atoms with E-state index in [-0.39, 0.29) is 11.4 Å². The number of aromatic carboxylic acids is 1. The van der Waals surface area contributed by atoms with Gasteiger partial charge in [-0.05, 0) is 18.2 Å². The van der Waals surface area contributed by atoms with Gasteiger partial charge in [-0.25, -0.2) is 14.0 Å². The van der Waals surface area contributed by atoms with Crippen LogP contribution in [-0.2, 0) is 10.5 Å². The normalized spacial score (nSPS) is 19.3. The molecular formula is C15H9F4N3O5. The maximum Gasteiger partial charge on any atom is 0.436 e. The molecule has 0 spiro atoms. The first-order valence-electron chi connectivity index (χ1n) is 7.17. The van der Waals surface area contributed by atoms with Crippen LogP contribution in [-0.4, -0.2) is 39.8 Å². The number of carboxylic acids is 1. The number of carbonyl (C=O) groups excluding carboxylic acids is 1. The lowest BCUT2D eigenvalue weighted by atomic mass is 9.96. The van der Waals surface area contributed by atoms with Gasteiger partial charge in [0.05, 0.1) is 11.4 Å². The lowest BCUT2D eigenvalue weighted by molar-refractivity contribution is -0.227. The Morgan fingerprint density at radius 2 is 1.85 bits per heavy atom. The number of carboxylic acid groups (broad SMARTS) is 1. The number of likely N-dealkylation sites (N-methyl/N-ethyl adjacent to an activating group) is 1. The predicted octanol–water partition coefficient (Wildman–Crippen LogP) is 0.927. The van der Waals surface area contributed by atoms with Gasteiger partial charge in [0.1, 0.15) is 5.56 Å². The van der Waals surface area contributed by atoms with Gasteiger partial charge in [0, 0.05) is 18.8 Å². The molecule has 1 unspecified atom stereocenters. The smallest absolute Gasteiger partial charge is 0.436 e. The summed E-state index contributed by atoms with van der Waals surface area (Å²) in [6.07, 6.45) is -4.97. The molecule has 0 saturated carbocycles. The van der Waals surface area contributed by atoms with Crippen molar-refractivity contribution >= 4 is 17.6 Å². The predicted molar refractivity (Wildman–Crippen MR) is 81.9 cm³/mol. The highest BCUT2D eigenvalue weighted by Gasteiger charge is 2.68. The minimum Gasteiger partial charge on any atom is -0.477 e. The minimum absolute atomic E-state index is 0.362. The van der Waals surface area contributed by atoms with Crippen molar-refractivity contribution in [2.45, 2.75) is 11.8 Å². The first-order chi connectivity index (χ1) is 12.4. The molecule has 142 valence electrons. The van der Waals surface area contributed by atoms with Crippen molar-refractivity contribution < 1.29 is 32.3 Å². The van der Waals surface area contributed by atoms with Gasteiger partial charge in [-0.1, -0.05) is 0 Å². The molecule has 1 aliphatic heterocycles. The number of hydrogen-bond donors (Lipinski definition) is 2. The van der Waals surface area contributed by atoms with Crippen LogP contribution in [0.15, 0.2) is 34.0 Å². The third-order valence-corrected chi connectivity index (χ3v) is 4.15. The van der Waals surface area contributed by atoms with Crippen molar-refractivity contribution in [3.05, 3.63) is 56.4 Å². The Balaban J connectivity index is 2.29. The Hall–Kier alpha value is -3.44. The number of H-pyrrole nitrogens is 1. The summed E-state index contributed by atoms with van der Waals surface area (Å²) in [5.74, 6) is -3.53. The number of hydrogen-bond acceptors (Lipinski definition) is 4. The van der Waals surface area contributed by atoms with E-state index in [0.717, 1.165) is 19.2 Å². The summed E-state index contributed by atoms with van der Waals surface area (Å²) < 4.78 is 55.1. The van der Waals surface area contributed by atoms with E-state index < -0.39 is 46.1 Å². The number of aromatic nitrogens is 2. The van der Waals surface area contributed by atoms with E-state index in [9.17, 15) is 36.7 Å². The maximum absolute atomic E-state index is 14.8. The van der Waals surface area contributed by atoms with Gasteiger partial charge in [0.2, 0.25) is 0 Å². The van der Waals surface area contributed by atoms with Crippen LogP contribution in [0.1, 0.15) is 15.9 Å². The standard InChI is InChI=1S/C15H9F4N3O5/c1-21-9-3-2-6(4-8(9)14(16,12(21)26)15(17,18)19)22-5-7(11(24)25)10(23)20-13(22)27/h2-5H,1H3,(H,24,25)(H,20,23,27). The van der Waals surface area contributed by atoms with Crippen LogP contribution < -0.4 is 16.1 Å². The third kappa shape index (κ3) is 2.44. The summed E-state index contributed by atoms with van der Waals surface area (Å²) >= 11 is 0. The summed E-state index contributed by atoms with van der Waals surface area (Å²) in [5.41, 5.74) is -9.32. The Labute approximate surface area is 146 Å². The Bertz CT molecular complexity index is 1100. The molecule has 1 amide bonds. The second-order valence-electron chi connectivity index (χ2n) is 5.70. The molecule has 0 bridgehead atoms. The van der Waals surface area contributed by atoms with E-state index in [1.165, 1.54) is 0 Å². The number of benzene rings is 1. The van der Waals surface area contributed by atoms with Crippen molar-refractivity contribution in [2.24, 2.45) is 0 Å². The van der Waals surface area contributed by atoms with Gasteiger partial charge in [0.15, 0.2) is 0 Å². The van der Waals surface area contributed by atoms with Crippen LogP contribution in [0.3, 0.4) is 0 Å². The first kappa shape index (κ1) is 18.4. The molecule has 8 nitrogen and oxygen atoms in total. The van der Waals surface area contributed by atoms with E-state index >= 15 is 0 Å². The van der Waals surface area contributed by atoms with E-state index in [4.69, 9.17) is 5.11 Å². The van der Waals surface area contributed by atoms with Gasteiger partial charge in [-0.15, -0.1) is 0 Å². The molecular weight excluding hydrogens is 378 g/mol. The largest absolute Gasteiger partial charge is 0.477 e. The van der Waals surface area contributed by atoms with Crippen LogP contribution >= 0.6 is 0 Å². The second-order valence-corrected chi connectivity index (χ2v) is 5.70. The molecule has 12 heteroatoms. The lowest BCUT2D eigenvalue weighted by Gasteiger charge is -2.22.